The van der Waals surface area contributed by atoms with Crippen molar-refractivity contribution in [2.75, 3.05) is 5.32 Å². The number of nitrogens with zero attached hydrogens (tertiary/aromatic N) is 2. The molecule has 0 bridgehead atoms. The molecule has 0 saturated heterocycles. The third kappa shape index (κ3) is 3.90. The van der Waals surface area contributed by atoms with E-state index in [-0.39, 0.29) is 5.91 Å². The first-order valence-corrected chi connectivity index (χ1v) is 10.1. The third-order valence-corrected chi connectivity index (χ3v) is 6.24. The first-order valence-electron chi connectivity index (χ1n) is 8.56. The van der Waals surface area contributed by atoms with Crippen LogP contribution in [-0.4, -0.2) is 15.7 Å². The van der Waals surface area contributed by atoms with Crippen LogP contribution < -0.4 is 5.32 Å². The van der Waals surface area contributed by atoms with E-state index in [1.807, 2.05) is 0 Å². The summed E-state index contributed by atoms with van der Waals surface area (Å²) in [6.07, 6.45) is -4.52. The maximum Gasteiger partial charge on any atom is 0.435 e. The van der Waals surface area contributed by atoms with Crippen LogP contribution in [0.1, 0.15) is 21.1 Å². The van der Waals surface area contributed by atoms with Crippen LogP contribution in [0.25, 0.3) is 15.8 Å². The first-order chi connectivity index (χ1) is 14.1. The normalized spacial score (nSPS) is 11.8. The van der Waals surface area contributed by atoms with Crippen LogP contribution in [0, 0.1) is 6.92 Å². The predicted molar refractivity (Wildman–Crippen MR) is 113 cm³/mol. The number of nitrogens with one attached hydrogen (secondary N) is 1. The molecular weight excluding hydrogens is 458 g/mol. The predicted octanol–water partition coefficient (Wildman–Crippen LogP) is 6.97. The van der Waals surface area contributed by atoms with E-state index >= 15 is 0 Å². The monoisotopic (exact) mass is 469 g/mol. The number of hydrogen-bond donors (Lipinski definition) is 1. The second kappa shape index (κ2) is 7.61. The average molecular weight is 470 g/mol. The van der Waals surface area contributed by atoms with Crippen LogP contribution >= 0.6 is 34.5 Å². The molecule has 0 radical (unpaired) electrons. The van der Waals surface area contributed by atoms with E-state index in [4.69, 9.17) is 23.2 Å². The fourth-order valence-corrected chi connectivity index (χ4v) is 4.62. The highest BCUT2D eigenvalue weighted by atomic mass is 35.5. The Morgan fingerprint density at radius 2 is 1.80 bits per heavy atom. The average Bonchev–Trinajstić information content (AvgIpc) is 3.22. The van der Waals surface area contributed by atoms with Gasteiger partial charge in [-0.15, -0.1) is 11.3 Å². The van der Waals surface area contributed by atoms with Crippen molar-refractivity contribution in [3.05, 3.63) is 74.8 Å². The third-order valence-electron chi connectivity index (χ3n) is 4.35. The van der Waals surface area contributed by atoms with Gasteiger partial charge in [0, 0.05) is 26.5 Å². The van der Waals surface area contributed by atoms with Gasteiger partial charge in [-0.1, -0.05) is 29.3 Å². The summed E-state index contributed by atoms with van der Waals surface area (Å²) in [5, 5.41) is 7.98. The first kappa shape index (κ1) is 20.7. The van der Waals surface area contributed by atoms with E-state index in [1.54, 1.807) is 42.5 Å². The summed E-state index contributed by atoms with van der Waals surface area (Å²) in [5.41, 5.74) is 0.290. The lowest BCUT2D eigenvalue weighted by atomic mass is 10.2. The standard InChI is InChI=1S/C20H12Cl2F3N3OS/c1-10-8-16(20(23,24)25)27-28(10)13-5-3-12(4-6-13)26-19(29)18-17(22)14-7-2-11(21)9-15(14)30-18/h2-9H,1H3,(H,26,29). The van der Waals surface area contributed by atoms with E-state index in [9.17, 15) is 18.0 Å². The molecule has 0 atom stereocenters. The minimum Gasteiger partial charge on any atom is -0.321 e. The number of thiophene rings is 1. The lowest BCUT2D eigenvalue weighted by Crippen LogP contribution is -2.11. The van der Waals surface area contributed by atoms with Crippen LogP contribution in [0.5, 0.6) is 0 Å². The van der Waals surface area contributed by atoms with Crippen molar-refractivity contribution in [3.8, 4) is 5.69 Å². The molecule has 30 heavy (non-hydrogen) atoms. The Labute approximate surface area is 182 Å². The fourth-order valence-electron chi connectivity index (χ4n) is 2.93. The van der Waals surface area contributed by atoms with E-state index < -0.39 is 11.9 Å². The molecular formula is C20H12Cl2F3N3OS. The minimum atomic E-state index is -4.52. The molecule has 0 saturated carbocycles. The minimum absolute atomic E-state index is 0.340. The molecule has 4 aromatic rings. The number of aromatic nitrogens is 2. The molecule has 4 rings (SSSR count). The number of fused-ring (bicyclic) bond motifs is 1. The Hall–Kier alpha value is -2.55. The van der Waals surface area contributed by atoms with Gasteiger partial charge in [0.2, 0.25) is 0 Å². The molecule has 4 nitrogen and oxygen atoms in total. The van der Waals surface area contributed by atoms with Crippen LogP contribution in [0.2, 0.25) is 10.0 Å². The van der Waals surface area contributed by atoms with Gasteiger partial charge in [0.05, 0.1) is 10.7 Å². The number of hydrogen-bond acceptors (Lipinski definition) is 3. The van der Waals surface area contributed by atoms with Crippen LogP contribution in [-0.2, 0) is 6.18 Å². The molecule has 1 N–H and O–H groups in total. The van der Waals surface area contributed by atoms with E-state index in [0.717, 1.165) is 16.2 Å². The lowest BCUT2D eigenvalue weighted by Gasteiger charge is -2.08. The molecule has 10 heteroatoms. The number of carbonyl (C=O) groups is 1. The summed E-state index contributed by atoms with van der Waals surface area (Å²) in [6, 6.07) is 12.5. The van der Waals surface area contributed by atoms with Gasteiger partial charge < -0.3 is 5.32 Å². The summed E-state index contributed by atoms with van der Waals surface area (Å²) < 4.78 is 40.6. The maximum absolute atomic E-state index is 12.9. The van der Waals surface area contributed by atoms with Gasteiger partial charge in [-0.25, -0.2) is 4.68 Å². The molecule has 0 fully saturated rings. The van der Waals surface area contributed by atoms with E-state index in [0.29, 0.717) is 32.0 Å². The molecule has 154 valence electrons. The molecule has 0 unspecified atom stereocenters. The van der Waals surface area contributed by atoms with E-state index in [2.05, 4.69) is 10.4 Å². The summed E-state index contributed by atoms with van der Waals surface area (Å²) in [6.45, 7) is 1.54. The molecule has 1 amide bonds. The summed E-state index contributed by atoms with van der Waals surface area (Å²) >= 11 is 13.5. The van der Waals surface area contributed by atoms with Crippen molar-refractivity contribution in [1.29, 1.82) is 0 Å². The molecule has 0 aliphatic rings. The second-order valence-corrected chi connectivity index (χ2v) is 8.33. The quantitative estimate of drug-likeness (QED) is 0.352. The zero-order chi connectivity index (χ0) is 21.6. The van der Waals surface area contributed by atoms with Crippen molar-refractivity contribution in [1.82, 2.24) is 9.78 Å². The Bertz CT molecular complexity index is 1260. The molecule has 0 spiro atoms. The summed E-state index contributed by atoms with van der Waals surface area (Å²) in [5.74, 6) is -0.389. The summed E-state index contributed by atoms with van der Waals surface area (Å²) in [7, 11) is 0. The topological polar surface area (TPSA) is 46.9 Å². The molecule has 2 heterocycles. The number of rotatable bonds is 3. The summed E-state index contributed by atoms with van der Waals surface area (Å²) in [4.78, 5) is 13.0. The van der Waals surface area contributed by atoms with Crippen molar-refractivity contribution in [2.45, 2.75) is 13.1 Å². The number of halogens is 5. The highest BCUT2D eigenvalue weighted by Gasteiger charge is 2.34. The molecule has 2 aromatic carbocycles. The smallest absolute Gasteiger partial charge is 0.321 e. The van der Waals surface area contributed by atoms with Gasteiger partial charge in [-0.2, -0.15) is 18.3 Å². The van der Waals surface area contributed by atoms with Crippen LogP contribution in [0.15, 0.2) is 48.5 Å². The number of carbonyl (C=O) groups excluding carboxylic acids is 1. The van der Waals surface area contributed by atoms with Crippen molar-refractivity contribution >= 4 is 56.2 Å². The fraction of sp³-hybridized carbons (Fsp3) is 0.100. The zero-order valence-corrected chi connectivity index (χ0v) is 17.5. The number of anilines is 1. The van der Waals surface area contributed by atoms with E-state index in [1.165, 1.54) is 22.9 Å². The van der Waals surface area contributed by atoms with Crippen molar-refractivity contribution < 1.29 is 18.0 Å². The van der Waals surface area contributed by atoms with Crippen molar-refractivity contribution in [2.24, 2.45) is 0 Å². The van der Waals surface area contributed by atoms with Gasteiger partial charge in [0.15, 0.2) is 5.69 Å². The van der Waals surface area contributed by atoms with Crippen molar-refractivity contribution in [3.63, 3.8) is 0 Å². The Morgan fingerprint density at radius 1 is 1.10 bits per heavy atom. The number of alkyl halides is 3. The highest BCUT2D eigenvalue weighted by molar-refractivity contribution is 7.21. The highest BCUT2D eigenvalue weighted by Crippen LogP contribution is 2.37. The van der Waals surface area contributed by atoms with Crippen LogP contribution in [0.4, 0.5) is 18.9 Å². The number of amides is 1. The van der Waals surface area contributed by atoms with Gasteiger partial charge in [0.1, 0.15) is 4.88 Å². The molecule has 0 aliphatic heterocycles. The zero-order valence-electron chi connectivity index (χ0n) is 15.2. The van der Waals surface area contributed by atoms with Gasteiger partial charge in [0.25, 0.3) is 5.91 Å². The van der Waals surface area contributed by atoms with Gasteiger partial charge in [-0.05, 0) is 49.4 Å². The Balaban J connectivity index is 1.56. The van der Waals surface area contributed by atoms with Crippen LogP contribution in [0.3, 0.4) is 0 Å². The Morgan fingerprint density at radius 3 is 2.43 bits per heavy atom. The number of aryl methyl sites for hydroxylation is 1. The number of benzene rings is 2. The van der Waals surface area contributed by atoms with Gasteiger partial charge in [-0.3, -0.25) is 4.79 Å². The van der Waals surface area contributed by atoms with Gasteiger partial charge >= 0.3 is 6.18 Å². The SMILES string of the molecule is Cc1cc(C(F)(F)F)nn1-c1ccc(NC(=O)c2sc3cc(Cl)ccc3c2Cl)cc1. The Kier molecular flexibility index (Phi) is 5.25. The second-order valence-electron chi connectivity index (χ2n) is 6.47. The molecule has 0 aliphatic carbocycles. The largest absolute Gasteiger partial charge is 0.435 e. The maximum atomic E-state index is 12.9. The lowest BCUT2D eigenvalue weighted by molar-refractivity contribution is -0.141. The molecule has 2 aromatic heterocycles.